The van der Waals surface area contributed by atoms with Crippen LogP contribution >= 0.6 is 0 Å². The van der Waals surface area contributed by atoms with E-state index < -0.39 is 11.3 Å². The lowest BCUT2D eigenvalue weighted by molar-refractivity contribution is -0.0440. The maximum atomic E-state index is 11.9. The van der Waals surface area contributed by atoms with Crippen molar-refractivity contribution in [3.63, 3.8) is 0 Å². The summed E-state index contributed by atoms with van der Waals surface area (Å²) >= 11 is -2.16. The van der Waals surface area contributed by atoms with Gasteiger partial charge in [0.25, 0.3) is 0 Å². The number of carbonyl (C=O) groups is 1. The summed E-state index contributed by atoms with van der Waals surface area (Å²) in [6, 6.07) is 0.324. The van der Waals surface area contributed by atoms with E-state index in [1.54, 1.807) is 26.0 Å². The first-order valence-electron chi connectivity index (χ1n) is 8.48. The van der Waals surface area contributed by atoms with Crippen molar-refractivity contribution in [2.45, 2.75) is 44.4 Å². The molecular weight excluding hydrogens is 334 g/mol. The zero-order valence-corrected chi connectivity index (χ0v) is 15.5. The van der Waals surface area contributed by atoms with Gasteiger partial charge in [-0.3, -0.25) is 9.11 Å². The van der Waals surface area contributed by atoms with Gasteiger partial charge in [-0.2, -0.15) is 0 Å². The van der Waals surface area contributed by atoms with Crippen molar-refractivity contribution in [2.24, 2.45) is 0 Å². The van der Waals surface area contributed by atoms with Crippen molar-refractivity contribution in [1.29, 1.82) is 0 Å². The fraction of sp³-hybridized carbons (Fsp3) is 0.933. The Kier molecular flexibility index (Phi) is 7.42. The lowest BCUT2D eigenvalue weighted by atomic mass is 9.96. The van der Waals surface area contributed by atoms with E-state index in [2.05, 4.69) is 4.90 Å². The third-order valence-electron chi connectivity index (χ3n) is 5.07. The van der Waals surface area contributed by atoms with Crippen molar-refractivity contribution < 1.29 is 23.0 Å². The zero-order valence-electron chi connectivity index (χ0n) is 14.7. The van der Waals surface area contributed by atoms with Gasteiger partial charge in [0.2, 0.25) is 0 Å². The van der Waals surface area contributed by atoms with Gasteiger partial charge in [-0.25, -0.2) is 9.10 Å². The third-order valence-corrected chi connectivity index (χ3v) is 5.84. The van der Waals surface area contributed by atoms with Crippen LogP contribution in [0.25, 0.3) is 0 Å². The predicted octanol–water partition coefficient (Wildman–Crippen LogP) is 0.423. The number of nitrogens with zero attached hydrogens (tertiary/aromatic N) is 3. The Morgan fingerprint density at radius 2 is 1.96 bits per heavy atom. The van der Waals surface area contributed by atoms with E-state index in [9.17, 15) is 13.6 Å². The lowest BCUT2D eigenvalue weighted by Crippen LogP contribution is -2.58. The first-order valence-corrected chi connectivity index (χ1v) is 9.51. The minimum Gasteiger partial charge on any atom is -0.760 e. The molecule has 140 valence electrons. The Balaban J connectivity index is 1.89. The van der Waals surface area contributed by atoms with Gasteiger partial charge in [0.1, 0.15) is 0 Å². The van der Waals surface area contributed by atoms with Crippen LogP contribution < -0.4 is 0 Å². The summed E-state index contributed by atoms with van der Waals surface area (Å²) in [5.41, 5.74) is 0. The van der Waals surface area contributed by atoms with E-state index in [1.165, 1.54) is 4.31 Å². The van der Waals surface area contributed by atoms with Gasteiger partial charge in [0, 0.05) is 50.1 Å². The summed E-state index contributed by atoms with van der Waals surface area (Å²) in [6.45, 7) is 5.05. The fourth-order valence-corrected chi connectivity index (χ4v) is 4.09. The van der Waals surface area contributed by atoms with Crippen LogP contribution in [0, 0.1) is 0 Å². The van der Waals surface area contributed by atoms with Gasteiger partial charge in [0.15, 0.2) is 0 Å². The maximum absolute atomic E-state index is 11.9. The monoisotopic (exact) mass is 362 g/mol. The van der Waals surface area contributed by atoms with Crippen LogP contribution in [0.15, 0.2) is 0 Å². The van der Waals surface area contributed by atoms with Crippen LogP contribution in [0.4, 0.5) is 4.79 Å². The zero-order chi connectivity index (χ0) is 17.7. The van der Waals surface area contributed by atoms with E-state index in [0.29, 0.717) is 19.7 Å². The smallest absolute Gasteiger partial charge is 0.409 e. The van der Waals surface area contributed by atoms with Crippen molar-refractivity contribution in [2.75, 3.05) is 46.9 Å². The van der Waals surface area contributed by atoms with E-state index in [0.717, 1.165) is 32.4 Å². The standard InChI is InChI=1S/C15H29N3O5S/c1-4-23-15(19)18-10-7-13(14(11-18)22-3)17-8-5-12(6-9-17)16(2)24(20)21/h12-14H,4-11H2,1-3H3,(H,20,21)/p-1. The first kappa shape index (κ1) is 19.6. The second-order valence-corrected chi connectivity index (χ2v) is 7.32. The molecule has 0 spiro atoms. The molecular formula is C15H28N3O5S-. The Morgan fingerprint density at radius 3 is 2.50 bits per heavy atom. The van der Waals surface area contributed by atoms with Crippen LogP contribution in [-0.2, 0) is 20.7 Å². The number of piperidine rings is 2. The number of likely N-dealkylation sites (tertiary alicyclic amines) is 2. The molecule has 2 fully saturated rings. The summed E-state index contributed by atoms with van der Waals surface area (Å²) in [7, 11) is 3.30. The van der Waals surface area contributed by atoms with E-state index >= 15 is 0 Å². The minimum absolute atomic E-state index is 0.0499. The number of ether oxygens (including phenoxy) is 2. The van der Waals surface area contributed by atoms with Gasteiger partial charge in [-0.15, -0.1) is 0 Å². The predicted molar refractivity (Wildman–Crippen MR) is 89.1 cm³/mol. The number of hydrogen-bond donors (Lipinski definition) is 0. The molecule has 2 saturated heterocycles. The van der Waals surface area contributed by atoms with Crippen LogP contribution in [0.1, 0.15) is 26.2 Å². The molecule has 2 aliphatic rings. The molecule has 3 atom stereocenters. The Morgan fingerprint density at radius 1 is 1.29 bits per heavy atom. The molecule has 0 radical (unpaired) electrons. The van der Waals surface area contributed by atoms with Gasteiger partial charge >= 0.3 is 6.09 Å². The van der Waals surface area contributed by atoms with Crippen molar-refractivity contribution in [3.05, 3.63) is 0 Å². The van der Waals surface area contributed by atoms with Crippen LogP contribution in [0.3, 0.4) is 0 Å². The second kappa shape index (κ2) is 9.10. The molecule has 1 amide bonds. The summed E-state index contributed by atoms with van der Waals surface area (Å²) in [4.78, 5) is 16.0. The second-order valence-electron chi connectivity index (χ2n) is 6.31. The quantitative estimate of drug-likeness (QED) is 0.659. The highest BCUT2D eigenvalue weighted by molar-refractivity contribution is 7.76. The van der Waals surface area contributed by atoms with Gasteiger partial charge in [-0.05, 0) is 33.2 Å². The molecule has 2 rings (SSSR count). The third kappa shape index (κ3) is 4.66. The molecule has 8 nitrogen and oxygen atoms in total. The Labute approximate surface area is 146 Å². The average molecular weight is 362 g/mol. The largest absolute Gasteiger partial charge is 0.760 e. The molecule has 0 aromatic carbocycles. The number of methoxy groups -OCH3 is 1. The van der Waals surface area contributed by atoms with Gasteiger partial charge < -0.3 is 18.9 Å². The summed E-state index contributed by atoms with van der Waals surface area (Å²) < 4.78 is 34.3. The van der Waals surface area contributed by atoms with E-state index in [4.69, 9.17) is 9.47 Å². The minimum atomic E-state index is -2.16. The number of rotatable bonds is 5. The highest BCUT2D eigenvalue weighted by atomic mass is 32.2. The normalized spacial score (nSPS) is 28.1. The number of hydrogen-bond acceptors (Lipinski definition) is 6. The number of carbonyl (C=O) groups excluding carboxylic acids is 1. The molecule has 9 heteroatoms. The molecule has 24 heavy (non-hydrogen) atoms. The lowest BCUT2D eigenvalue weighted by Gasteiger charge is -2.46. The summed E-state index contributed by atoms with van der Waals surface area (Å²) in [6.07, 6.45) is 2.14. The highest BCUT2D eigenvalue weighted by Crippen LogP contribution is 2.25. The molecule has 0 aromatic heterocycles. The highest BCUT2D eigenvalue weighted by Gasteiger charge is 2.37. The van der Waals surface area contributed by atoms with Gasteiger partial charge in [-0.1, -0.05) is 0 Å². The average Bonchev–Trinajstić information content (AvgIpc) is 2.60. The molecule has 2 heterocycles. The van der Waals surface area contributed by atoms with Crippen LogP contribution in [0.5, 0.6) is 0 Å². The number of amides is 1. The van der Waals surface area contributed by atoms with Crippen LogP contribution in [0.2, 0.25) is 0 Å². The van der Waals surface area contributed by atoms with Crippen molar-refractivity contribution in [3.8, 4) is 0 Å². The SMILES string of the molecule is CCOC(=O)N1CCC(N2CCC(N(C)S(=O)[O-])CC2)C(OC)C1. The Hall–Kier alpha value is -0.740. The van der Waals surface area contributed by atoms with Crippen molar-refractivity contribution >= 4 is 17.4 Å². The van der Waals surface area contributed by atoms with Crippen LogP contribution in [-0.4, -0.2) is 94.1 Å². The maximum Gasteiger partial charge on any atom is 0.409 e. The summed E-state index contributed by atoms with van der Waals surface area (Å²) in [5, 5.41) is 0. The molecule has 0 aliphatic carbocycles. The fourth-order valence-electron chi connectivity index (χ4n) is 3.64. The molecule has 0 aromatic rings. The van der Waals surface area contributed by atoms with E-state index in [1.807, 2.05) is 0 Å². The molecule has 2 aliphatic heterocycles. The molecule has 0 bridgehead atoms. The molecule has 0 N–H and O–H groups in total. The van der Waals surface area contributed by atoms with E-state index in [-0.39, 0.29) is 24.3 Å². The Bertz CT molecular complexity index is 445. The van der Waals surface area contributed by atoms with Crippen molar-refractivity contribution in [1.82, 2.24) is 14.1 Å². The molecule has 0 saturated carbocycles. The van der Waals surface area contributed by atoms with Gasteiger partial charge in [0.05, 0.1) is 19.3 Å². The molecule has 3 unspecified atom stereocenters. The topological polar surface area (TPSA) is 85.4 Å². The first-order chi connectivity index (χ1) is 11.5. The summed E-state index contributed by atoms with van der Waals surface area (Å²) in [5.74, 6) is 0.